The summed E-state index contributed by atoms with van der Waals surface area (Å²) in [6.07, 6.45) is 20.1. The molecule has 0 aliphatic carbocycles. The van der Waals surface area contributed by atoms with Crippen molar-refractivity contribution in [2.75, 3.05) is 72.0 Å². The molecule has 0 rings (SSSR count). The molecule has 0 aromatic rings. The molecule has 4 N–H and O–H groups in total. The summed E-state index contributed by atoms with van der Waals surface area (Å²) in [6, 6.07) is 0. The number of halogens is 3. The van der Waals surface area contributed by atoms with Crippen LogP contribution in [0, 0.1) is 0 Å². The number of alkyl halides is 1. The molecule has 0 atom stereocenters. The van der Waals surface area contributed by atoms with Crippen LogP contribution in [0.1, 0.15) is 58.8 Å². The summed E-state index contributed by atoms with van der Waals surface area (Å²) in [5.41, 5.74) is 0. The van der Waals surface area contributed by atoms with Gasteiger partial charge in [0.2, 0.25) is 0 Å². The first-order valence-electron chi connectivity index (χ1n) is 13.7. The van der Waals surface area contributed by atoms with Crippen molar-refractivity contribution in [3.63, 3.8) is 0 Å². The molecule has 0 unspecified atom stereocenters. The van der Waals surface area contributed by atoms with Crippen LogP contribution in [0.15, 0.2) is 75.9 Å². The van der Waals surface area contributed by atoms with E-state index < -0.39 is 0 Å². The topological polar surface area (TPSA) is 60.2 Å². The molecule has 0 aliphatic heterocycles. The number of quaternary nitrogens is 1. The standard InChI is InChI=1S/C12H23NO.C7H13N.C6H13ClO.C6H11N.CH4.2ClH/c1-3-9-13(10-4-2)11-7-5-6-8-12-14;1-4-6-8(3)7-5-2;7-5-3-1-2-4-6-8;1-3-5-7-6-4-2;;;/h3-4,14H,1-2,5-12H2;4-5H,1-2,6-7H2,3H3;8H,1-6H2;3-4,7H,1-2,5-6H2;1H4;2*1H. The predicted octanol–water partition coefficient (Wildman–Crippen LogP) is 2.87. The predicted molar refractivity (Wildman–Crippen MR) is 183 cm³/mol. The number of hydrogen-bond acceptors (Lipinski definition) is 4. The molecule has 0 saturated carbocycles. The smallest absolute Gasteiger partial charge is 0.0955 e. The third-order valence-corrected chi connectivity index (χ3v) is 5.03. The average molecular weight is 631 g/mol. The molecule has 0 heterocycles. The van der Waals surface area contributed by atoms with E-state index >= 15 is 0 Å². The van der Waals surface area contributed by atoms with E-state index in [0.717, 1.165) is 90.2 Å². The van der Waals surface area contributed by atoms with Gasteiger partial charge in [0.05, 0.1) is 20.1 Å². The van der Waals surface area contributed by atoms with Gasteiger partial charge < -0.3 is 32.8 Å². The van der Waals surface area contributed by atoms with Gasteiger partial charge in [-0.1, -0.05) is 70.6 Å². The van der Waals surface area contributed by atoms with Crippen molar-refractivity contribution >= 4 is 24.0 Å². The van der Waals surface area contributed by atoms with Crippen molar-refractivity contribution in [1.82, 2.24) is 10.2 Å². The quantitative estimate of drug-likeness (QED) is 0.0797. The number of likely N-dealkylation sites (N-methyl/N-ethyl adjacent to an activating group) is 1. The van der Waals surface area contributed by atoms with Crippen molar-refractivity contribution < 1.29 is 27.5 Å². The van der Waals surface area contributed by atoms with Gasteiger partial charge in [-0.05, 0) is 44.4 Å². The Morgan fingerprint density at radius 2 is 1.07 bits per heavy atom. The molecule has 40 heavy (non-hydrogen) atoms. The van der Waals surface area contributed by atoms with Crippen LogP contribution < -0.4 is 22.6 Å². The lowest BCUT2D eigenvalue weighted by Crippen LogP contribution is -3.08. The van der Waals surface area contributed by atoms with Crippen molar-refractivity contribution in [3.05, 3.63) is 75.9 Å². The highest BCUT2D eigenvalue weighted by molar-refractivity contribution is 6.17. The van der Waals surface area contributed by atoms with Crippen LogP contribution in [0.25, 0.3) is 0 Å². The highest BCUT2D eigenvalue weighted by Crippen LogP contribution is 2.01. The van der Waals surface area contributed by atoms with Gasteiger partial charge >= 0.3 is 0 Å². The van der Waals surface area contributed by atoms with Crippen molar-refractivity contribution in [3.8, 4) is 0 Å². The van der Waals surface area contributed by atoms with E-state index in [1.54, 1.807) is 0 Å². The largest absolute Gasteiger partial charge is 1.00 e. The lowest BCUT2D eigenvalue weighted by atomic mass is 10.2. The fourth-order valence-electron chi connectivity index (χ4n) is 2.85. The second-order valence-electron chi connectivity index (χ2n) is 8.48. The van der Waals surface area contributed by atoms with Gasteiger partial charge in [0.25, 0.3) is 0 Å². The fraction of sp³-hybridized carbons (Fsp3) is 0.625. The maximum atomic E-state index is 8.61. The Bertz CT molecular complexity index is 462. The van der Waals surface area contributed by atoms with Crippen LogP contribution >= 0.6 is 24.0 Å². The van der Waals surface area contributed by atoms with E-state index in [-0.39, 0.29) is 32.2 Å². The third kappa shape index (κ3) is 65.8. The Balaban J connectivity index is -0.0000000739. The van der Waals surface area contributed by atoms with E-state index in [1.165, 1.54) is 17.7 Å². The first-order valence-corrected chi connectivity index (χ1v) is 14.2. The molecule has 0 amide bonds. The minimum atomic E-state index is 0. The molecular weight excluding hydrogens is 565 g/mol. The van der Waals surface area contributed by atoms with Gasteiger partial charge in [-0.25, -0.2) is 0 Å². The van der Waals surface area contributed by atoms with Crippen LogP contribution in [-0.4, -0.2) is 87.1 Å². The first-order chi connectivity index (χ1) is 18.0. The van der Waals surface area contributed by atoms with Gasteiger partial charge in [0.15, 0.2) is 0 Å². The second kappa shape index (κ2) is 57.9. The van der Waals surface area contributed by atoms with Gasteiger partial charge in [-0.15, -0.1) is 50.3 Å². The number of unbranched alkanes of at least 4 members (excludes halogenated alkanes) is 6. The summed E-state index contributed by atoms with van der Waals surface area (Å²) in [6.45, 7) is 29.2. The summed E-state index contributed by atoms with van der Waals surface area (Å²) < 4.78 is 0. The molecule has 0 saturated heterocycles. The van der Waals surface area contributed by atoms with Gasteiger partial charge in [-0.3, -0.25) is 4.90 Å². The molecule has 8 heteroatoms. The van der Waals surface area contributed by atoms with Crippen LogP contribution in [-0.2, 0) is 0 Å². The molecule has 0 radical (unpaired) electrons. The van der Waals surface area contributed by atoms with E-state index in [1.807, 2.05) is 36.5 Å². The zero-order valence-electron chi connectivity index (χ0n) is 24.9. The normalized spacial score (nSPS) is 8.85. The van der Waals surface area contributed by atoms with Crippen molar-refractivity contribution in [2.45, 2.75) is 58.8 Å². The monoisotopic (exact) mass is 629 g/mol. The zero-order valence-corrected chi connectivity index (χ0v) is 27.3. The second-order valence-corrected chi connectivity index (χ2v) is 8.86. The van der Waals surface area contributed by atoms with E-state index in [4.69, 9.17) is 21.8 Å². The van der Waals surface area contributed by atoms with Gasteiger partial charge in [-0.2, -0.15) is 0 Å². The highest BCUT2D eigenvalue weighted by atomic mass is 35.5. The van der Waals surface area contributed by atoms with E-state index in [2.05, 4.69) is 56.7 Å². The third-order valence-electron chi connectivity index (χ3n) is 4.76. The number of nitrogens with one attached hydrogen (secondary N) is 2. The van der Waals surface area contributed by atoms with Gasteiger partial charge in [0.1, 0.15) is 0 Å². The van der Waals surface area contributed by atoms with Crippen LogP contribution in [0.4, 0.5) is 0 Å². The zero-order chi connectivity index (χ0) is 28.8. The first kappa shape index (κ1) is 55.1. The SMILES string of the molecule is C.C=CCN(CC=C)CCCCCCO.C=CCNCC=C.C=CC[NH+](C)CC=C.Cl.OCCCCCCCl.[Cl-]. The molecule has 0 spiro atoms. The van der Waals surface area contributed by atoms with E-state index in [0.29, 0.717) is 13.2 Å². The van der Waals surface area contributed by atoms with E-state index in [9.17, 15) is 0 Å². The molecule has 0 aliphatic rings. The lowest BCUT2D eigenvalue weighted by Gasteiger charge is -2.18. The fourth-order valence-corrected chi connectivity index (χ4v) is 3.04. The van der Waals surface area contributed by atoms with Crippen LogP contribution in [0.2, 0.25) is 0 Å². The average Bonchev–Trinajstić information content (AvgIpc) is 2.89. The summed E-state index contributed by atoms with van der Waals surface area (Å²) in [7, 11) is 2.11. The summed E-state index contributed by atoms with van der Waals surface area (Å²) in [5.74, 6) is 0.755. The number of nitrogens with zero attached hydrogens (tertiary/aromatic N) is 1. The maximum Gasteiger partial charge on any atom is 0.0955 e. The molecule has 0 bridgehead atoms. The molecule has 0 fully saturated rings. The van der Waals surface area contributed by atoms with Crippen molar-refractivity contribution in [2.24, 2.45) is 0 Å². The molecule has 242 valence electrons. The Labute approximate surface area is 267 Å². The molecular formula is C32H66Cl3N3O2. The molecule has 0 aromatic heterocycles. The minimum Gasteiger partial charge on any atom is -1.00 e. The van der Waals surface area contributed by atoms with Crippen LogP contribution in [0.3, 0.4) is 0 Å². The van der Waals surface area contributed by atoms with Crippen LogP contribution in [0.5, 0.6) is 0 Å². The number of aliphatic hydroxyl groups is 2. The Kier molecular flexibility index (Phi) is 79.7. The highest BCUT2D eigenvalue weighted by Gasteiger charge is 1.99. The summed E-state index contributed by atoms with van der Waals surface area (Å²) in [5, 5.41) is 20.0. The number of aliphatic hydroxyl groups excluding tert-OH is 2. The Morgan fingerprint density at radius 1 is 0.675 bits per heavy atom. The Morgan fingerprint density at radius 3 is 1.40 bits per heavy atom. The summed E-state index contributed by atoms with van der Waals surface area (Å²) in [4.78, 5) is 3.74. The Hall–Kier alpha value is -0.890. The maximum absolute atomic E-state index is 8.61. The minimum absolute atomic E-state index is 0. The lowest BCUT2D eigenvalue weighted by molar-refractivity contribution is -0.866. The van der Waals surface area contributed by atoms with Crippen molar-refractivity contribution in [1.29, 1.82) is 0 Å². The molecule has 0 aromatic carbocycles. The number of rotatable bonds is 23. The summed E-state index contributed by atoms with van der Waals surface area (Å²) >= 11 is 5.42. The number of hydrogen-bond donors (Lipinski definition) is 4. The van der Waals surface area contributed by atoms with Gasteiger partial charge in [0, 0.05) is 45.3 Å². The molecule has 5 nitrogen and oxygen atoms in total.